The first-order valence-corrected chi connectivity index (χ1v) is 6.82. The number of rotatable bonds is 4. The third kappa shape index (κ3) is 2.54. The summed E-state index contributed by atoms with van der Waals surface area (Å²) in [6.07, 6.45) is 3.73. The molecule has 2 aromatic rings. The maximum absolute atomic E-state index is 4.47. The van der Waals surface area contributed by atoms with Crippen molar-refractivity contribution in [2.45, 2.75) is 5.16 Å². The first-order chi connectivity index (χ1) is 8.76. The molecule has 0 fully saturated rings. The number of hydrogen-bond donors (Lipinski definition) is 1. The van der Waals surface area contributed by atoms with Gasteiger partial charge in [-0.25, -0.2) is 9.97 Å². The molecule has 0 atom stereocenters. The zero-order valence-electron chi connectivity index (χ0n) is 10.5. The molecular formula is C14H15N3S. The van der Waals surface area contributed by atoms with Gasteiger partial charge in [-0.2, -0.15) is 0 Å². The lowest BCUT2D eigenvalue weighted by atomic mass is 10.0. The number of nitrogens with one attached hydrogen (secondary N) is 1. The van der Waals surface area contributed by atoms with Crippen molar-refractivity contribution in [3.8, 4) is 0 Å². The summed E-state index contributed by atoms with van der Waals surface area (Å²) >= 11 is 1.53. The van der Waals surface area contributed by atoms with E-state index in [1.165, 1.54) is 11.8 Å². The summed E-state index contributed by atoms with van der Waals surface area (Å²) < 4.78 is 0. The van der Waals surface area contributed by atoms with Gasteiger partial charge in [-0.15, -0.1) is 0 Å². The van der Waals surface area contributed by atoms with Crippen molar-refractivity contribution in [3.63, 3.8) is 0 Å². The highest BCUT2D eigenvalue weighted by molar-refractivity contribution is 7.98. The molecule has 0 aliphatic carbocycles. The number of hydrogen-bond acceptors (Lipinski definition) is 4. The average molecular weight is 257 g/mol. The molecule has 4 heteroatoms. The molecule has 1 aromatic carbocycles. The fraction of sp³-hybridized carbons (Fsp3) is 0.143. The monoisotopic (exact) mass is 257 g/mol. The SMILES string of the molecule is C=C(c1ccnc(SC)n1)c1ccccc1NC. The maximum atomic E-state index is 4.47. The minimum Gasteiger partial charge on any atom is -0.388 e. The van der Waals surface area contributed by atoms with Crippen molar-refractivity contribution in [1.82, 2.24) is 9.97 Å². The Labute approximate surface area is 111 Å². The van der Waals surface area contributed by atoms with Gasteiger partial charge in [0.15, 0.2) is 5.16 Å². The van der Waals surface area contributed by atoms with E-state index in [0.717, 1.165) is 27.7 Å². The van der Waals surface area contributed by atoms with Gasteiger partial charge in [-0.3, -0.25) is 0 Å². The Morgan fingerprint density at radius 2 is 2.06 bits per heavy atom. The van der Waals surface area contributed by atoms with E-state index < -0.39 is 0 Å². The zero-order chi connectivity index (χ0) is 13.0. The van der Waals surface area contributed by atoms with Crippen LogP contribution in [0.4, 0.5) is 5.69 Å². The highest BCUT2D eigenvalue weighted by atomic mass is 32.2. The fourth-order valence-electron chi connectivity index (χ4n) is 1.71. The Bertz CT molecular complexity index is 566. The molecule has 0 amide bonds. The van der Waals surface area contributed by atoms with E-state index in [-0.39, 0.29) is 0 Å². The predicted molar refractivity (Wildman–Crippen MR) is 77.9 cm³/mol. The number of benzene rings is 1. The standard InChI is InChI=1S/C14H15N3S/c1-10(11-6-4-5-7-13(11)15-2)12-8-9-16-14(17-12)18-3/h4-9,15H,1H2,2-3H3. The summed E-state index contributed by atoms with van der Waals surface area (Å²) in [5.74, 6) is 0. The van der Waals surface area contributed by atoms with Crippen LogP contribution in [0.15, 0.2) is 48.3 Å². The van der Waals surface area contributed by atoms with E-state index in [1.807, 2.05) is 43.6 Å². The van der Waals surface area contributed by atoms with Crippen molar-refractivity contribution < 1.29 is 0 Å². The summed E-state index contributed by atoms with van der Waals surface area (Å²) in [7, 11) is 1.90. The summed E-state index contributed by atoms with van der Waals surface area (Å²) in [5, 5.41) is 3.93. The van der Waals surface area contributed by atoms with Crippen molar-refractivity contribution in [1.29, 1.82) is 0 Å². The second-order valence-electron chi connectivity index (χ2n) is 3.70. The highest BCUT2D eigenvalue weighted by Gasteiger charge is 2.08. The lowest BCUT2D eigenvalue weighted by Gasteiger charge is -2.11. The van der Waals surface area contributed by atoms with Crippen LogP contribution in [0.1, 0.15) is 11.3 Å². The van der Waals surface area contributed by atoms with Gasteiger partial charge in [-0.1, -0.05) is 36.5 Å². The van der Waals surface area contributed by atoms with E-state index in [0.29, 0.717) is 0 Å². The molecule has 92 valence electrons. The van der Waals surface area contributed by atoms with Crippen LogP contribution in [-0.4, -0.2) is 23.3 Å². The summed E-state index contributed by atoms with van der Waals surface area (Å²) in [6.45, 7) is 4.14. The smallest absolute Gasteiger partial charge is 0.187 e. The van der Waals surface area contributed by atoms with Gasteiger partial charge in [0.05, 0.1) is 5.69 Å². The Morgan fingerprint density at radius 3 is 2.78 bits per heavy atom. The van der Waals surface area contributed by atoms with E-state index >= 15 is 0 Å². The van der Waals surface area contributed by atoms with Crippen LogP contribution in [0.5, 0.6) is 0 Å². The Kier molecular flexibility index (Phi) is 3.99. The molecule has 0 saturated heterocycles. The first kappa shape index (κ1) is 12.6. The minimum absolute atomic E-state index is 0.760. The molecule has 0 radical (unpaired) electrons. The molecule has 0 bridgehead atoms. The quantitative estimate of drug-likeness (QED) is 0.673. The molecule has 0 spiro atoms. The Hall–Kier alpha value is -1.81. The molecule has 0 saturated carbocycles. The van der Waals surface area contributed by atoms with Gasteiger partial charge >= 0.3 is 0 Å². The zero-order valence-corrected chi connectivity index (χ0v) is 11.3. The molecule has 1 heterocycles. The molecule has 2 rings (SSSR count). The third-order valence-corrected chi connectivity index (χ3v) is 3.21. The number of nitrogens with zero attached hydrogens (tertiary/aromatic N) is 2. The maximum Gasteiger partial charge on any atom is 0.187 e. The highest BCUT2D eigenvalue weighted by Crippen LogP contribution is 2.27. The van der Waals surface area contributed by atoms with Gasteiger partial charge in [0.1, 0.15) is 0 Å². The molecule has 1 aromatic heterocycles. The van der Waals surface area contributed by atoms with Crippen LogP contribution >= 0.6 is 11.8 Å². The van der Waals surface area contributed by atoms with Crippen LogP contribution in [0, 0.1) is 0 Å². The third-order valence-electron chi connectivity index (χ3n) is 2.65. The molecule has 3 nitrogen and oxygen atoms in total. The first-order valence-electron chi connectivity index (χ1n) is 5.59. The second-order valence-corrected chi connectivity index (χ2v) is 4.48. The van der Waals surface area contributed by atoms with Crippen molar-refractivity contribution in [2.75, 3.05) is 18.6 Å². The number of anilines is 1. The normalized spacial score (nSPS) is 10.1. The predicted octanol–water partition coefficient (Wildman–Crippen LogP) is 3.30. The van der Waals surface area contributed by atoms with Gasteiger partial charge in [0.25, 0.3) is 0 Å². The van der Waals surface area contributed by atoms with E-state index in [2.05, 4.69) is 21.9 Å². The van der Waals surface area contributed by atoms with Crippen LogP contribution < -0.4 is 5.32 Å². The molecule has 18 heavy (non-hydrogen) atoms. The van der Waals surface area contributed by atoms with E-state index in [4.69, 9.17) is 0 Å². The minimum atomic E-state index is 0.760. The fourth-order valence-corrected chi connectivity index (χ4v) is 2.07. The molecule has 1 N–H and O–H groups in total. The second kappa shape index (κ2) is 5.69. The van der Waals surface area contributed by atoms with Gasteiger partial charge in [0, 0.05) is 30.1 Å². The summed E-state index contributed by atoms with van der Waals surface area (Å²) in [6, 6.07) is 9.94. The van der Waals surface area contributed by atoms with Crippen LogP contribution in [0.25, 0.3) is 5.57 Å². The number of thioether (sulfide) groups is 1. The van der Waals surface area contributed by atoms with Crippen molar-refractivity contribution >= 4 is 23.0 Å². The van der Waals surface area contributed by atoms with Crippen LogP contribution in [0.2, 0.25) is 0 Å². The molecule has 0 unspecified atom stereocenters. The lowest BCUT2D eigenvalue weighted by Crippen LogP contribution is -1.98. The molecule has 0 aliphatic rings. The largest absolute Gasteiger partial charge is 0.388 e. The van der Waals surface area contributed by atoms with E-state index in [1.54, 1.807) is 6.20 Å². The van der Waals surface area contributed by atoms with Crippen LogP contribution in [0.3, 0.4) is 0 Å². The van der Waals surface area contributed by atoms with Crippen molar-refractivity contribution in [2.24, 2.45) is 0 Å². The molecule has 0 aliphatic heterocycles. The summed E-state index contributed by atoms with van der Waals surface area (Å²) in [4.78, 5) is 8.64. The lowest BCUT2D eigenvalue weighted by molar-refractivity contribution is 0.957. The van der Waals surface area contributed by atoms with Crippen molar-refractivity contribution in [3.05, 3.63) is 54.4 Å². The van der Waals surface area contributed by atoms with Crippen LogP contribution in [-0.2, 0) is 0 Å². The average Bonchev–Trinajstić information content (AvgIpc) is 2.46. The molecular weight excluding hydrogens is 242 g/mol. The topological polar surface area (TPSA) is 37.8 Å². The Balaban J connectivity index is 2.41. The summed E-state index contributed by atoms with van der Waals surface area (Å²) in [5.41, 5.74) is 3.87. The Morgan fingerprint density at radius 1 is 1.28 bits per heavy atom. The number of aromatic nitrogens is 2. The van der Waals surface area contributed by atoms with Gasteiger partial charge in [-0.05, 0) is 18.4 Å². The van der Waals surface area contributed by atoms with Gasteiger partial charge < -0.3 is 5.32 Å². The van der Waals surface area contributed by atoms with E-state index in [9.17, 15) is 0 Å². The number of para-hydroxylation sites is 1. The van der Waals surface area contributed by atoms with Gasteiger partial charge in [0.2, 0.25) is 0 Å².